The number of amides is 1. The number of fused-ring (bicyclic) bond motifs is 1. The lowest BCUT2D eigenvalue weighted by atomic mass is 10.1. The zero-order valence-electron chi connectivity index (χ0n) is 14.7. The van der Waals surface area contributed by atoms with Gasteiger partial charge in [0, 0.05) is 10.0 Å². The smallest absolute Gasteiger partial charge is 0.260 e. The lowest BCUT2D eigenvalue weighted by molar-refractivity contribution is 0.0985. The highest BCUT2D eigenvalue weighted by atomic mass is 79.9. The predicted molar refractivity (Wildman–Crippen MR) is 115 cm³/mol. The Hall–Kier alpha value is -2.50. The molecule has 0 aliphatic heterocycles. The number of aryl methyl sites for hydroxylation is 1. The van der Waals surface area contributed by atoms with E-state index >= 15 is 0 Å². The molecule has 0 unspecified atom stereocenters. The Morgan fingerprint density at radius 3 is 2.52 bits per heavy atom. The van der Waals surface area contributed by atoms with Crippen molar-refractivity contribution in [3.05, 3.63) is 94.0 Å². The molecule has 0 saturated heterocycles. The van der Waals surface area contributed by atoms with Gasteiger partial charge >= 0.3 is 0 Å². The third-order valence-corrected chi connectivity index (χ3v) is 5.85. The van der Waals surface area contributed by atoms with Crippen molar-refractivity contribution in [2.24, 2.45) is 0 Å². The molecule has 0 aliphatic rings. The first-order valence-electron chi connectivity index (χ1n) is 8.59. The molecule has 1 heterocycles. The Labute approximate surface area is 170 Å². The summed E-state index contributed by atoms with van der Waals surface area (Å²) >= 11 is 4.97. The average Bonchev–Trinajstić information content (AvgIpc) is 3.10. The largest absolute Gasteiger partial charge is 0.279 e. The van der Waals surface area contributed by atoms with Gasteiger partial charge in [-0.15, -0.1) is 0 Å². The van der Waals surface area contributed by atoms with E-state index in [4.69, 9.17) is 4.98 Å². The minimum absolute atomic E-state index is 0.0536. The van der Waals surface area contributed by atoms with E-state index < -0.39 is 0 Å². The first kappa shape index (κ1) is 17.9. The lowest BCUT2D eigenvalue weighted by Gasteiger charge is -2.20. The van der Waals surface area contributed by atoms with Crippen LogP contribution in [0.15, 0.2) is 77.3 Å². The quantitative estimate of drug-likeness (QED) is 0.380. The van der Waals surface area contributed by atoms with E-state index in [0.29, 0.717) is 17.2 Å². The van der Waals surface area contributed by atoms with Crippen molar-refractivity contribution in [2.45, 2.75) is 13.5 Å². The summed E-state index contributed by atoms with van der Waals surface area (Å²) in [4.78, 5) is 19.8. The Morgan fingerprint density at radius 1 is 1.04 bits per heavy atom. The number of carbonyl (C=O) groups is 1. The Kier molecular flexibility index (Phi) is 5.05. The second-order valence-corrected chi connectivity index (χ2v) is 8.28. The zero-order chi connectivity index (χ0) is 18.8. The number of benzene rings is 3. The van der Waals surface area contributed by atoms with E-state index in [1.54, 1.807) is 16.2 Å². The highest BCUT2D eigenvalue weighted by molar-refractivity contribution is 9.10. The van der Waals surface area contributed by atoms with Crippen LogP contribution in [0, 0.1) is 6.92 Å². The number of carbonyl (C=O) groups excluding carboxylic acids is 1. The molecule has 0 N–H and O–H groups in total. The molecular weight excluding hydrogens is 420 g/mol. The summed E-state index contributed by atoms with van der Waals surface area (Å²) in [5, 5.41) is 0.715. The summed E-state index contributed by atoms with van der Waals surface area (Å²) in [5.41, 5.74) is 3.82. The summed E-state index contributed by atoms with van der Waals surface area (Å²) in [5.74, 6) is -0.0536. The second-order valence-electron chi connectivity index (χ2n) is 6.35. The van der Waals surface area contributed by atoms with Gasteiger partial charge in [0.25, 0.3) is 5.91 Å². The van der Waals surface area contributed by atoms with Crippen LogP contribution in [-0.4, -0.2) is 10.9 Å². The number of anilines is 1. The van der Waals surface area contributed by atoms with E-state index in [-0.39, 0.29) is 5.91 Å². The molecule has 4 aromatic rings. The summed E-state index contributed by atoms with van der Waals surface area (Å²) in [6, 6.07) is 23.6. The number of hydrogen-bond acceptors (Lipinski definition) is 3. The van der Waals surface area contributed by atoms with Crippen LogP contribution in [0.3, 0.4) is 0 Å². The highest BCUT2D eigenvalue weighted by Crippen LogP contribution is 2.31. The maximum atomic E-state index is 13.3. The average molecular weight is 437 g/mol. The molecule has 0 atom stereocenters. The summed E-state index contributed by atoms with van der Waals surface area (Å²) in [7, 11) is 0. The van der Waals surface area contributed by atoms with Crippen LogP contribution in [0.4, 0.5) is 5.13 Å². The van der Waals surface area contributed by atoms with Gasteiger partial charge < -0.3 is 0 Å². The third kappa shape index (κ3) is 3.94. The number of thiazole rings is 1. The molecule has 3 aromatic carbocycles. The summed E-state index contributed by atoms with van der Waals surface area (Å²) < 4.78 is 2.04. The molecule has 4 rings (SSSR count). The van der Waals surface area contributed by atoms with Crippen LogP contribution >= 0.6 is 27.3 Å². The van der Waals surface area contributed by atoms with Crippen molar-refractivity contribution in [2.75, 3.05) is 4.90 Å². The van der Waals surface area contributed by atoms with Crippen molar-refractivity contribution in [3.63, 3.8) is 0 Å². The van der Waals surface area contributed by atoms with Gasteiger partial charge in [-0.3, -0.25) is 9.69 Å². The fourth-order valence-electron chi connectivity index (χ4n) is 2.88. The minimum atomic E-state index is -0.0536. The van der Waals surface area contributed by atoms with Crippen LogP contribution in [0.5, 0.6) is 0 Å². The molecule has 0 bridgehead atoms. The van der Waals surface area contributed by atoms with Gasteiger partial charge in [-0.05, 0) is 54.4 Å². The van der Waals surface area contributed by atoms with Gasteiger partial charge in [0.1, 0.15) is 0 Å². The van der Waals surface area contributed by atoms with E-state index in [9.17, 15) is 4.79 Å². The lowest BCUT2D eigenvalue weighted by Crippen LogP contribution is -2.30. The van der Waals surface area contributed by atoms with Gasteiger partial charge in [-0.1, -0.05) is 63.7 Å². The highest BCUT2D eigenvalue weighted by Gasteiger charge is 2.21. The fraction of sp³-hybridized carbons (Fsp3) is 0.0909. The van der Waals surface area contributed by atoms with Gasteiger partial charge in [-0.2, -0.15) is 0 Å². The van der Waals surface area contributed by atoms with Crippen LogP contribution in [0.1, 0.15) is 21.5 Å². The topological polar surface area (TPSA) is 33.2 Å². The molecule has 0 aliphatic carbocycles. The van der Waals surface area contributed by atoms with Crippen molar-refractivity contribution < 1.29 is 4.79 Å². The molecular formula is C22H17BrN2OS. The zero-order valence-corrected chi connectivity index (χ0v) is 17.1. The predicted octanol–water partition coefficient (Wildman–Crippen LogP) is 6.21. The van der Waals surface area contributed by atoms with Gasteiger partial charge in [-0.25, -0.2) is 4.98 Å². The molecule has 0 fully saturated rings. The number of rotatable bonds is 4. The molecule has 5 heteroatoms. The molecule has 0 saturated carbocycles. The Bertz CT molecular complexity index is 1090. The van der Waals surface area contributed by atoms with Crippen molar-refractivity contribution in [1.29, 1.82) is 0 Å². The molecule has 3 nitrogen and oxygen atoms in total. The summed E-state index contributed by atoms with van der Waals surface area (Å²) in [6.07, 6.45) is 0. The first-order chi connectivity index (χ1) is 13.1. The number of hydrogen-bond donors (Lipinski definition) is 0. The first-order valence-corrected chi connectivity index (χ1v) is 10.2. The minimum Gasteiger partial charge on any atom is -0.279 e. The Balaban J connectivity index is 1.76. The third-order valence-electron chi connectivity index (χ3n) is 4.28. The van der Waals surface area contributed by atoms with E-state index in [0.717, 1.165) is 20.3 Å². The molecule has 0 radical (unpaired) electrons. The van der Waals surface area contributed by atoms with Crippen LogP contribution < -0.4 is 4.90 Å². The molecule has 1 aromatic heterocycles. The molecule has 27 heavy (non-hydrogen) atoms. The van der Waals surface area contributed by atoms with E-state index in [1.807, 2.05) is 66.7 Å². The molecule has 134 valence electrons. The number of aromatic nitrogens is 1. The molecule has 1 amide bonds. The van der Waals surface area contributed by atoms with Crippen LogP contribution in [0.2, 0.25) is 0 Å². The van der Waals surface area contributed by atoms with Gasteiger partial charge in [0.2, 0.25) is 0 Å². The van der Waals surface area contributed by atoms with E-state index in [2.05, 4.69) is 28.9 Å². The Morgan fingerprint density at radius 2 is 1.78 bits per heavy atom. The fourth-order valence-corrected chi connectivity index (χ4v) is 4.20. The van der Waals surface area contributed by atoms with Crippen LogP contribution in [0.25, 0.3) is 10.2 Å². The standard InChI is InChI=1S/C22H17BrN2OS/c1-15-7-12-19-20(13-15)27-22(24-19)25(14-16-5-3-2-4-6-16)21(26)17-8-10-18(23)11-9-17/h2-13H,14H2,1H3. The maximum Gasteiger partial charge on any atom is 0.260 e. The van der Waals surface area contributed by atoms with E-state index in [1.165, 1.54) is 5.56 Å². The monoisotopic (exact) mass is 436 g/mol. The molecule has 0 spiro atoms. The van der Waals surface area contributed by atoms with Crippen molar-refractivity contribution >= 4 is 48.5 Å². The normalized spacial score (nSPS) is 10.9. The van der Waals surface area contributed by atoms with Gasteiger partial charge in [0.05, 0.1) is 16.8 Å². The summed E-state index contributed by atoms with van der Waals surface area (Å²) in [6.45, 7) is 2.54. The number of halogens is 1. The van der Waals surface area contributed by atoms with Crippen molar-refractivity contribution in [3.8, 4) is 0 Å². The van der Waals surface area contributed by atoms with Gasteiger partial charge in [0.15, 0.2) is 5.13 Å². The second kappa shape index (κ2) is 7.62. The maximum absolute atomic E-state index is 13.3. The van der Waals surface area contributed by atoms with Crippen molar-refractivity contribution in [1.82, 2.24) is 4.98 Å². The number of nitrogens with zero attached hydrogens (tertiary/aromatic N) is 2. The van der Waals surface area contributed by atoms with Crippen LogP contribution in [-0.2, 0) is 6.54 Å². The SMILES string of the molecule is Cc1ccc2nc(N(Cc3ccccc3)C(=O)c3ccc(Br)cc3)sc2c1.